The van der Waals surface area contributed by atoms with Gasteiger partial charge in [0.15, 0.2) is 0 Å². The molecule has 1 N–H and O–H groups in total. The molecular formula is C15H13Br3O3. The number of aliphatic hydroxyl groups excluding tert-OH is 1. The van der Waals surface area contributed by atoms with Gasteiger partial charge in [-0.05, 0) is 68.6 Å². The van der Waals surface area contributed by atoms with Crippen molar-refractivity contribution in [2.75, 3.05) is 7.11 Å². The topological polar surface area (TPSA) is 38.7 Å². The minimum absolute atomic E-state index is 0.532. The van der Waals surface area contributed by atoms with E-state index in [1.165, 1.54) is 0 Å². The molecule has 0 aliphatic heterocycles. The number of methoxy groups -OCH3 is 1. The third-order valence-corrected chi connectivity index (χ3v) is 4.78. The van der Waals surface area contributed by atoms with Crippen LogP contribution in [-0.4, -0.2) is 12.2 Å². The summed E-state index contributed by atoms with van der Waals surface area (Å²) in [7, 11) is 1.61. The summed E-state index contributed by atoms with van der Waals surface area (Å²) >= 11 is 10.3. The normalized spacial score (nSPS) is 12.1. The summed E-state index contributed by atoms with van der Waals surface area (Å²) < 4.78 is 13.5. The monoisotopic (exact) mass is 478 g/mol. The van der Waals surface area contributed by atoms with Crippen molar-refractivity contribution in [1.82, 2.24) is 0 Å². The Morgan fingerprint density at radius 1 is 0.952 bits per heavy atom. The molecule has 1 atom stereocenters. The van der Waals surface area contributed by atoms with Crippen LogP contribution < -0.4 is 9.47 Å². The van der Waals surface area contributed by atoms with Crippen molar-refractivity contribution in [3.8, 4) is 17.2 Å². The van der Waals surface area contributed by atoms with Gasteiger partial charge in [0, 0.05) is 4.47 Å². The van der Waals surface area contributed by atoms with Gasteiger partial charge < -0.3 is 14.6 Å². The van der Waals surface area contributed by atoms with E-state index in [0.717, 1.165) is 24.7 Å². The van der Waals surface area contributed by atoms with Crippen LogP contribution in [0, 0.1) is 0 Å². The van der Waals surface area contributed by atoms with E-state index in [1.54, 1.807) is 14.0 Å². The lowest BCUT2D eigenvalue weighted by molar-refractivity contribution is 0.198. The zero-order valence-corrected chi connectivity index (χ0v) is 16.1. The fraction of sp³-hybridized carbons (Fsp3) is 0.200. The van der Waals surface area contributed by atoms with Crippen LogP contribution in [0.25, 0.3) is 0 Å². The highest BCUT2D eigenvalue weighted by Gasteiger charge is 2.11. The molecule has 0 saturated carbocycles. The zero-order chi connectivity index (χ0) is 15.6. The van der Waals surface area contributed by atoms with Crippen molar-refractivity contribution in [3.63, 3.8) is 0 Å². The molecule has 0 unspecified atom stereocenters. The lowest BCUT2D eigenvalue weighted by atomic mass is 10.1. The number of hydrogen-bond donors (Lipinski definition) is 1. The van der Waals surface area contributed by atoms with Crippen LogP contribution in [0.2, 0.25) is 0 Å². The Labute approximate surface area is 148 Å². The molecule has 0 fully saturated rings. The zero-order valence-electron chi connectivity index (χ0n) is 11.4. The van der Waals surface area contributed by atoms with Crippen molar-refractivity contribution in [1.29, 1.82) is 0 Å². The predicted octanol–water partition coefficient (Wildman–Crippen LogP) is 5.83. The van der Waals surface area contributed by atoms with E-state index < -0.39 is 6.10 Å². The highest BCUT2D eigenvalue weighted by atomic mass is 79.9. The van der Waals surface area contributed by atoms with Crippen LogP contribution in [0.4, 0.5) is 0 Å². The number of hydrogen-bond acceptors (Lipinski definition) is 3. The van der Waals surface area contributed by atoms with Crippen LogP contribution in [-0.2, 0) is 0 Å². The number of ether oxygens (including phenoxy) is 2. The Kier molecular flexibility index (Phi) is 5.71. The van der Waals surface area contributed by atoms with Crippen LogP contribution in [0.1, 0.15) is 18.6 Å². The van der Waals surface area contributed by atoms with E-state index >= 15 is 0 Å². The second kappa shape index (κ2) is 7.13. The third kappa shape index (κ3) is 4.00. The molecule has 0 aliphatic rings. The van der Waals surface area contributed by atoms with Gasteiger partial charge in [-0.1, -0.05) is 22.0 Å². The molecule has 6 heteroatoms. The maximum Gasteiger partial charge on any atom is 0.143 e. The average Bonchev–Trinajstić information content (AvgIpc) is 2.42. The van der Waals surface area contributed by atoms with Crippen molar-refractivity contribution in [3.05, 3.63) is 49.3 Å². The molecule has 0 spiro atoms. The second-order valence-corrected chi connectivity index (χ2v) is 6.94. The largest absolute Gasteiger partial charge is 0.496 e. The van der Waals surface area contributed by atoms with Crippen molar-refractivity contribution in [2.24, 2.45) is 0 Å². The maximum absolute atomic E-state index is 9.62. The smallest absolute Gasteiger partial charge is 0.143 e. The molecule has 0 saturated heterocycles. The van der Waals surface area contributed by atoms with Gasteiger partial charge in [0.2, 0.25) is 0 Å². The van der Waals surface area contributed by atoms with Crippen LogP contribution in [0.5, 0.6) is 17.2 Å². The summed E-state index contributed by atoms with van der Waals surface area (Å²) in [4.78, 5) is 0. The van der Waals surface area contributed by atoms with E-state index in [4.69, 9.17) is 9.47 Å². The summed E-state index contributed by atoms with van der Waals surface area (Å²) in [6, 6.07) is 9.14. The Morgan fingerprint density at radius 2 is 1.57 bits per heavy atom. The average molecular weight is 481 g/mol. The summed E-state index contributed by atoms with van der Waals surface area (Å²) in [5.74, 6) is 2.06. The minimum Gasteiger partial charge on any atom is -0.496 e. The summed E-state index contributed by atoms with van der Waals surface area (Å²) in [5.41, 5.74) is 0.817. The van der Waals surface area contributed by atoms with Gasteiger partial charge in [-0.15, -0.1) is 0 Å². The van der Waals surface area contributed by atoms with Gasteiger partial charge in [-0.25, -0.2) is 0 Å². The first-order valence-corrected chi connectivity index (χ1v) is 8.48. The molecule has 3 nitrogen and oxygen atoms in total. The number of aliphatic hydroxyl groups is 1. The maximum atomic E-state index is 9.62. The van der Waals surface area contributed by atoms with Gasteiger partial charge in [0.1, 0.15) is 17.2 Å². The van der Waals surface area contributed by atoms with E-state index in [1.807, 2.05) is 30.3 Å². The molecule has 112 valence electrons. The number of rotatable bonds is 4. The predicted molar refractivity (Wildman–Crippen MR) is 93.2 cm³/mol. The molecule has 2 aromatic carbocycles. The Hall–Kier alpha value is -0.560. The molecule has 0 amide bonds. The molecule has 2 aromatic rings. The number of benzene rings is 2. The first kappa shape index (κ1) is 16.8. The summed E-state index contributed by atoms with van der Waals surface area (Å²) in [6.45, 7) is 1.72. The van der Waals surface area contributed by atoms with Crippen LogP contribution in [0.3, 0.4) is 0 Å². The lowest BCUT2D eigenvalue weighted by Gasteiger charge is -2.13. The highest BCUT2D eigenvalue weighted by Crippen LogP contribution is 2.39. The molecule has 21 heavy (non-hydrogen) atoms. The van der Waals surface area contributed by atoms with Crippen molar-refractivity contribution in [2.45, 2.75) is 13.0 Å². The molecule has 0 aliphatic carbocycles. The SMILES string of the molecule is COc1cc(Br)c(Oc2ccc([C@H](C)O)c(Br)c2)cc1Br. The van der Waals surface area contributed by atoms with Crippen molar-refractivity contribution >= 4 is 47.8 Å². The molecule has 0 aromatic heterocycles. The molecule has 0 radical (unpaired) electrons. The van der Waals surface area contributed by atoms with Gasteiger partial charge in [0.05, 0.1) is 22.2 Å². The fourth-order valence-electron chi connectivity index (χ4n) is 1.78. The molecular weight excluding hydrogens is 468 g/mol. The van der Waals surface area contributed by atoms with E-state index in [9.17, 15) is 5.11 Å². The van der Waals surface area contributed by atoms with Gasteiger partial charge >= 0.3 is 0 Å². The summed E-state index contributed by atoms with van der Waals surface area (Å²) in [5, 5.41) is 9.62. The molecule has 0 heterocycles. The molecule has 0 bridgehead atoms. The quantitative estimate of drug-likeness (QED) is 0.598. The molecule has 2 rings (SSSR count). The Morgan fingerprint density at radius 3 is 2.14 bits per heavy atom. The Balaban J connectivity index is 2.30. The first-order chi connectivity index (χ1) is 9.92. The first-order valence-electron chi connectivity index (χ1n) is 6.10. The second-order valence-electron chi connectivity index (χ2n) is 4.38. The van der Waals surface area contributed by atoms with Gasteiger partial charge in [-0.3, -0.25) is 0 Å². The van der Waals surface area contributed by atoms with Crippen molar-refractivity contribution < 1.29 is 14.6 Å². The van der Waals surface area contributed by atoms with Crippen LogP contribution >= 0.6 is 47.8 Å². The highest BCUT2D eigenvalue weighted by molar-refractivity contribution is 9.11. The minimum atomic E-state index is -0.532. The number of halogens is 3. The standard InChI is InChI=1S/C15H13Br3O3/c1-8(19)10-4-3-9(5-11(10)16)21-15-7-12(17)14(20-2)6-13(15)18/h3-8,19H,1-2H3/t8-/m0/s1. The lowest BCUT2D eigenvalue weighted by Crippen LogP contribution is -1.94. The van der Waals surface area contributed by atoms with Gasteiger partial charge in [-0.2, -0.15) is 0 Å². The van der Waals surface area contributed by atoms with Gasteiger partial charge in [0.25, 0.3) is 0 Å². The van der Waals surface area contributed by atoms with Crippen LogP contribution in [0.15, 0.2) is 43.7 Å². The van der Waals surface area contributed by atoms with E-state index in [2.05, 4.69) is 47.8 Å². The third-order valence-electron chi connectivity index (χ3n) is 2.86. The van der Waals surface area contributed by atoms with E-state index in [0.29, 0.717) is 11.5 Å². The fourth-order valence-corrected chi connectivity index (χ4v) is 3.36. The Bertz CT molecular complexity index is 657. The van der Waals surface area contributed by atoms with E-state index in [-0.39, 0.29) is 0 Å². The summed E-state index contributed by atoms with van der Waals surface area (Å²) in [6.07, 6.45) is -0.532.